The van der Waals surface area contributed by atoms with E-state index in [1.165, 1.54) is 30.4 Å². The zero-order valence-electron chi connectivity index (χ0n) is 27.4. The molecule has 0 saturated carbocycles. The highest BCUT2D eigenvalue weighted by molar-refractivity contribution is 6.04. The van der Waals surface area contributed by atoms with E-state index in [0.717, 1.165) is 11.6 Å². The van der Waals surface area contributed by atoms with Crippen molar-refractivity contribution in [3.05, 3.63) is 89.6 Å². The van der Waals surface area contributed by atoms with Crippen molar-refractivity contribution in [3.63, 3.8) is 0 Å². The van der Waals surface area contributed by atoms with Gasteiger partial charge in [-0.1, -0.05) is 12.1 Å². The van der Waals surface area contributed by atoms with Crippen LogP contribution in [0.3, 0.4) is 0 Å². The minimum atomic E-state index is -4.77. The van der Waals surface area contributed by atoms with Gasteiger partial charge in [-0.25, -0.2) is 24.7 Å². The predicted molar refractivity (Wildman–Crippen MR) is 176 cm³/mol. The number of amides is 2. The lowest BCUT2D eigenvalue weighted by atomic mass is 9.96. The van der Waals surface area contributed by atoms with Crippen LogP contribution in [0.5, 0.6) is 0 Å². The van der Waals surface area contributed by atoms with Crippen LogP contribution in [-0.4, -0.2) is 61.2 Å². The Hall–Kier alpha value is -5.40. The Labute approximate surface area is 276 Å². The van der Waals surface area contributed by atoms with Gasteiger partial charge >= 0.3 is 12.3 Å². The molecule has 0 aliphatic carbocycles. The molecule has 0 fully saturated rings. The molecule has 0 radical (unpaired) electrons. The number of nitrogens with zero attached hydrogens (tertiary/aromatic N) is 5. The molecule has 0 aliphatic rings. The monoisotopic (exact) mass is 662 g/mol. The third kappa shape index (κ3) is 9.56. The van der Waals surface area contributed by atoms with E-state index in [1.807, 2.05) is 6.92 Å². The van der Waals surface area contributed by atoms with E-state index in [-0.39, 0.29) is 35.6 Å². The molecule has 4 aromatic rings. The number of benzene rings is 2. The quantitative estimate of drug-likeness (QED) is 0.148. The number of hydrogen-bond acceptors (Lipinski definition) is 9. The van der Waals surface area contributed by atoms with Crippen LogP contribution >= 0.6 is 0 Å². The fourth-order valence-electron chi connectivity index (χ4n) is 4.61. The number of rotatable bonds is 10. The zero-order valence-corrected chi connectivity index (χ0v) is 27.4. The SMILES string of the molecule is Cc1ccc(NC(=O)c2ccc(CC(=N)C[C@H](C)N(C)C(=O)OC(C)(C)C)c(C(F)(F)F)c2)cc1Nc1nccc(-c2cncnc2)n1. The number of anilines is 3. The largest absolute Gasteiger partial charge is 0.444 e. The molecule has 0 bridgehead atoms. The highest BCUT2D eigenvalue weighted by Gasteiger charge is 2.34. The van der Waals surface area contributed by atoms with E-state index in [9.17, 15) is 22.8 Å². The third-order valence-corrected chi connectivity index (χ3v) is 7.22. The van der Waals surface area contributed by atoms with Crippen LogP contribution in [-0.2, 0) is 17.3 Å². The van der Waals surface area contributed by atoms with Gasteiger partial charge in [0, 0.05) is 72.7 Å². The summed E-state index contributed by atoms with van der Waals surface area (Å²) in [5.74, 6) is -0.461. The molecule has 2 aromatic carbocycles. The summed E-state index contributed by atoms with van der Waals surface area (Å²) in [7, 11) is 1.51. The van der Waals surface area contributed by atoms with Crippen LogP contribution in [0.2, 0.25) is 0 Å². The van der Waals surface area contributed by atoms with Crippen LogP contribution in [0.25, 0.3) is 11.3 Å². The highest BCUT2D eigenvalue weighted by atomic mass is 19.4. The number of hydrogen-bond donors (Lipinski definition) is 3. The fraction of sp³-hybridized carbons (Fsp3) is 0.324. The number of nitrogens with one attached hydrogen (secondary N) is 3. The van der Waals surface area contributed by atoms with Crippen molar-refractivity contribution < 1.29 is 27.5 Å². The van der Waals surface area contributed by atoms with Gasteiger partial charge in [0.05, 0.1) is 11.3 Å². The first-order chi connectivity index (χ1) is 22.5. The molecule has 11 nitrogen and oxygen atoms in total. The molecule has 0 saturated heterocycles. The highest BCUT2D eigenvalue weighted by Crippen LogP contribution is 2.34. The van der Waals surface area contributed by atoms with Crippen molar-refractivity contribution in [2.24, 2.45) is 0 Å². The molecule has 0 spiro atoms. The summed E-state index contributed by atoms with van der Waals surface area (Å²) >= 11 is 0. The van der Waals surface area contributed by atoms with Crippen molar-refractivity contribution in [1.29, 1.82) is 5.41 Å². The van der Waals surface area contributed by atoms with E-state index >= 15 is 0 Å². The van der Waals surface area contributed by atoms with Gasteiger partial charge in [-0.15, -0.1) is 0 Å². The standard InChI is InChI=1S/C34H37F3N8O3/c1-20-7-10-26(16-29(20)44-31-41-12-11-28(43-31)24-17-39-19-40-18-24)42-30(46)23-9-8-22(27(15-23)34(35,36)37)14-25(38)13-21(2)45(6)32(47)48-33(3,4)5/h7-12,15-19,21,38H,13-14H2,1-6H3,(H,42,46)(H,41,43,44)/t21-/m0/s1. The Bertz CT molecular complexity index is 1790. The Kier molecular flexibility index (Phi) is 10.8. The second kappa shape index (κ2) is 14.6. The van der Waals surface area contributed by atoms with Crippen molar-refractivity contribution >= 4 is 35.0 Å². The van der Waals surface area contributed by atoms with Crippen LogP contribution in [0.4, 0.5) is 35.3 Å². The lowest BCUT2D eigenvalue weighted by molar-refractivity contribution is -0.138. The number of halogens is 3. The van der Waals surface area contributed by atoms with E-state index in [1.54, 1.807) is 70.6 Å². The number of aromatic nitrogens is 4. The molecular formula is C34H37F3N8O3. The van der Waals surface area contributed by atoms with Gasteiger partial charge in [-0.05, 0) is 76.1 Å². The minimum absolute atomic E-state index is 0.00749. The maximum Gasteiger partial charge on any atom is 0.416 e. The predicted octanol–water partition coefficient (Wildman–Crippen LogP) is 7.46. The summed E-state index contributed by atoms with van der Waals surface area (Å²) in [6.45, 7) is 8.70. The number of carbonyl (C=O) groups excluding carboxylic acids is 2. The molecule has 3 N–H and O–H groups in total. The molecule has 0 aliphatic heterocycles. The van der Waals surface area contributed by atoms with Gasteiger partial charge in [-0.2, -0.15) is 13.2 Å². The molecule has 4 rings (SSSR count). The van der Waals surface area contributed by atoms with E-state index in [0.29, 0.717) is 22.6 Å². The fourth-order valence-corrected chi connectivity index (χ4v) is 4.61. The van der Waals surface area contributed by atoms with E-state index in [2.05, 4.69) is 30.6 Å². The topological polar surface area (TPSA) is 146 Å². The van der Waals surface area contributed by atoms with Crippen LogP contribution in [0.1, 0.15) is 61.2 Å². The van der Waals surface area contributed by atoms with Crippen molar-refractivity contribution in [2.45, 2.75) is 65.3 Å². The van der Waals surface area contributed by atoms with Gasteiger partial charge in [0.2, 0.25) is 5.95 Å². The molecule has 2 amide bonds. The second-order valence-electron chi connectivity index (χ2n) is 12.3. The molecule has 14 heteroatoms. The molecule has 2 aromatic heterocycles. The molecule has 252 valence electrons. The smallest absolute Gasteiger partial charge is 0.416 e. The van der Waals surface area contributed by atoms with Crippen LogP contribution in [0.15, 0.2) is 67.4 Å². The second-order valence-corrected chi connectivity index (χ2v) is 12.3. The summed E-state index contributed by atoms with van der Waals surface area (Å²) in [6, 6.07) is 9.51. The normalized spacial score (nSPS) is 12.2. The summed E-state index contributed by atoms with van der Waals surface area (Å²) < 4.78 is 47.8. The zero-order chi connectivity index (χ0) is 35.2. The summed E-state index contributed by atoms with van der Waals surface area (Å²) in [5, 5.41) is 14.2. The number of carbonyl (C=O) groups is 2. The first kappa shape index (κ1) is 35.5. The Morgan fingerprint density at radius 2 is 1.75 bits per heavy atom. The molecule has 1 atom stereocenters. The molecular weight excluding hydrogens is 625 g/mol. The minimum Gasteiger partial charge on any atom is -0.444 e. The number of ether oxygens (including phenoxy) is 1. The Balaban J connectivity index is 1.47. The summed E-state index contributed by atoms with van der Waals surface area (Å²) in [5.41, 5.74) is 0.921. The van der Waals surface area contributed by atoms with Gasteiger partial charge in [0.25, 0.3) is 5.91 Å². The van der Waals surface area contributed by atoms with E-state index < -0.39 is 35.4 Å². The molecule has 2 heterocycles. The van der Waals surface area contributed by atoms with Gasteiger partial charge in [-0.3, -0.25) is 4.79 Å². The van der Waals surface area contributed by atoms with Crippen molar-refractivity contribution in [2.75, 3.05) is 17.7 Å². The maximum atomic E-state index is 14.2. The lowest BCUT2D eigenvalue weighted by Crippen LogP contribution is -2.40. The van der Waals surface area contributed by atoms with Crippen LogP contribution < -0.4 is 10.6 Å². The number of aryl methyl sites for hydroxylation is 1. The van der Waals surface area contributed by atoms with Crippen LogP contribution in [0, 0.1) is 12.3 Å². The molecule has 48 heavy (non-hydrogen) atoms. The van der Waals surface area contributed by atoms with Crippen molar-refractivity contribution in [1.82, 2.24) is 24.8 Å². The van der Waals surface area contributed by atoms with Gasteiger partial charge in [0.15, 0.2) is 0 Å². The number of alkyl halides is 3. The summed E-state index contributed by atoms with van der Waals surface area (Å²) in [4.78, 5) is 43.6. The first-order valence-corrected chi connectivity index (χ1v) is 15.0. The Morgan fingerprint density at radius 1 is 1.04 bits per heavy atom. The third-order valence-electron chi connectivity index (χ3n) is 7.22. The average molecular weight is 663 g/mol. The summed E-state index contributed by atoms with van der Waals surface area (Å²) in [6.07, 6.45) is 0.594. The van der Waals surface area contributed by atoms with Gasteiger partial charge < -0.3 is 25.7 Å². The molecule has 0 unspecified atom stereocenters. The van der Waals surface area contributed by atoms with Gasteiger partial charge in [0.1, 0.15) is 11.9 Å². The Morgan fingerprint density at radius 3 is 2.42 bits per heavy atom. The van der Waals surface area contributed by atoms with E-state index in [4.69, 9.17) is 10.1 Å². The van der Waals surface area contributed by atoms with Crippen molar-refractivity contribution in [3.8, 4) is 11.3 Å². The lowest BCUT2D eigenvalue weighted by Gasteiger charge is -2.29. The average Bonchev–Trinajstić information content (AvgIpc) is 3.01. The first-order valence-electron chi connectivity index (χ1n) is 15.0. The maximum absolute atomic E-state index is 14.2.